The molecule has 4 aromatic carbocycles. The van der Waals surface area contributed by atoms with E-state index in [-0.39, 0.29) is 70.0 Å². The molecule has 274 valence electrons. The second kappa shape index (κ2) is 15.6. The molecule has 0 fully saturated rings. The molecule has 16 heteroatoms. The van der Waals surface area contributed by atoms with Gasteiger partial charge < -0.3 is 28.2 Å². The van der Waals surface area contributed by atoms with Crippen LogP contribution in [0.1, 0.15) is 48.4 Å². The minimum atomic E-state index is -0.765. The van der Waals surface area contributed by atoms with Gasteiger partial charge in [0.25, 0.3) is 0 Å². The van der Waals surface area contributed by atoms with Crippen LogP contribution in [0.2, 0.25) is 0 Å². The van der Waals surface area contributed by atoms with Gasteiger partial charge in [-0.05, 0) is 88.4 Å². The Morgan fingerprint density at radius 1 is 0.717 bits per heavy atom. The Kier molecular flexibility index (Phi) is 11.0. The largest absolute Gasteiger partial charge is 0.502 e. The normalized spacial score (nSPS) is 10.9. The van der Waals surface area contributed by atoms with Gasteiger partial charge in [0.05, 0.1) is 41.3 Å². The minimum Gasteiger partial charge on any atom is -0.502 e. The van der Waals surface area contributed by atoms with Crippen LogP contribution in [-0.4, -0.2) is 46.2 Å². The third kappa shape index (κ3) is 7.90. The number of phenolic OH excluding ortho intramolecular Hbond substituents is 1. The number of furan rings is 2. The van der Waals surface area contributed by atoms with Crippen molar-refractivity contribution in [2.45, 2.75) is 33.8 Å². The van der Waals surface area contributed by atoms with Crippen molar-refractivity contribution in [3.05, 3.63) is 116 Å². The lowest BCUT2D eigenvalue weighted by molar-refractivity contribution is -0.386. The van der Waals surface area contributed by atoms with Gasteiger partial charge in [-0.15, -0.1) is 0 Å². The summed E-state index contributed by atoms with van der Waals surface area (Å²) in [7, 11) is 0. The lowest BCUT2D eigenvalue weighted by Crippen LogP contribution is -2.08. The molecular weight excluding hydrogens is 702 g/mol. The summed E-state index contributed by atoms with van der Waals surface area (Å²) >= 11 is 0. The zero-order chi connectivity index (χ0) is 38.6. The number of carbonyl (C=O) groups is 2. The van der Waals surface area contributed by atoms with Crippen LogP contribution < -0.4 is 4.74 Å². The first-order valence-electron chi connectivity index (χ1n) is 16.0. The number of aromatic hydroxyl groups is 1. The van der Waals surface area contributed by atoms with Crippen LogP contribution in [0.15, 0.2) is 81.6 Å². The van der Waals surface area contributed by atoms with Crippen LogP contribution in [0.5, 0.6) is 11.5 Å². The van der Waals surface area contributed by atoms with E-state index in [4.69, 9.17) is 23.0 Å². The number of ether oxygens (including phenoxy) is 3. The van der Waals surface area contributed by atoms with Gasteiger partial charge in [0.2, 0.25) is 0 Å². The number of rotatable bonds is 10. The topological polar surface area (TPSA) is 195 Å². The number of esters is 2. The van der Waals surface area contributed by atoms with Crippen molar-refractivity contribution in [2.75, 3.05) is 13.2 Å². The molecule has 0 bridgehead atoms. The van der Waals surface area contributed by atoms with Crippen LogP contribution in [0.25, 0.3) is 44.6 Å². The van der Waals surface area contributed by atoms with Crippen LogP contribution in [0.3, 0.4) is 0 Å². The number of nitrogens with zero attached hydrogens (tertiary/aromatic N) is 2. The van der Waals surface area contributed by atoms with E-state index < -0.39 is 44.9 Å². The number of hydrogen-bond donors (Lipinski definition) is 1. The second-order valence-corrected chi connectivity index (χ2v) is 11.4. The third-order valence-electron chi connectivity index (χ3n) is 7.48. The first-order valence-corrected chi connectivity index (χ1v) is 16.0. The highest BCUT2D eigenvalue weighted by atomic mass is 19.1. The highest BCUT2D eigenvalue weighted by Gasteiger charge is 2.29. The molecule has 0 spiro atoms. The monoisotopic (exact) mass is 732 g/mol. The molecule has 0 aliphatic carbocycles. The Morgan fingerprint density at radius 2 is 1.13 bits per heavy atom. The van der Waals surface area contributed by atoms with Crippen LogP contribution in [0, 0.1) is 31.9 Å². The number of hydrogen-bond acceptors (Lipinski definition) is 12. The van der Waals surface area contributed by atoms with Crippen molar-refractivity contribution in [1.82, 2.24) is 0 Å². The molecule has 0 saturated heterocycles. The molecule has 53 heavy (non-hydrogen) atoms. The molecule has 0 aliphatic rings. The van der Waals surface area contributed by atoms with Crippen LogP contribution in [-0.2, 0) is 9.47 Å². The number of nitro benzene ring substituents is 2. The number of carbonyl (C=O) groups excluding carboxylic acids is 2. The Morgan fingerprint density at radius 3 is 1.53 bits per heavy atom. The Bertz CT molecular complexity index is 2350. The fourth-order valence-corrected chi connectivity index (χ4v) is 5.29. The smallest absolute Gasteiger partial charge is 0.342 e. The molecule has 0 unspecified atom stereocenters. The molecule has 0 radical (unpaired) electrons. The van der Waals surface area contributed by atoms with Gasteiger partial charge >= 0.3 is 23.3 Å². The predicted molar refractivity (Wildman–Crippen MR) is 186 cm³/mol. The Hall–Kier alpha value is -6.84. The lowest BCUT2D eigenvalue weighted by Gasteiger charge is -2.10. The summed E-state index contributed by atoms with van der Waals surface area (Å²) in [5.74, 6) is -2.64. The molecule has 0 aliphatic heterocycles. The van der Waals surface area contributed by atoms with Gasteiger partial charge in [-0.1, -0.05) is 0 Å². The summed E-state index contributed by atoms with van der Waals surface area (Å²) in [4.78, 5) is 46.0. The summed E-state index contributed by atoms with van der Waals surface area (Å²) in [6, 6.07) is 15.3. The number of phenols is 1. The number of fused-ring (bicyclic) bond motifs is 2. The van der Waals surface area contributed by atoms with E-state index in [0.717, 1.165) is 12.1 Å². The Labute approximate surface area is 298 Å². The van der Waals surface area contributed by atoms with Crippen molar-refractivity contribution in [1.29, 1.82) is 0 Å². The fourth-order valence-electron chi connectivity index (χ4n) is 5.29. The van der Waals surface area contributed by atoms with Crippen molar-refractivity contribution >= 4 is 45.3 Å². The summed E-state index contributed by atoms with van der Waals surface area (Å²) in [6.07, 6.45) is -0.314. The van der Waals surface area contributed by atoms with Gasteiger partial charge in [-0.25, -0.2) is 18.4 Å². The van der Waals surface area contributed by atoms with Gasteiger partial charge in [0.1, 0.15) is 45.4 Å². The predicted octanol–water partition coefficient (Wildman–Crippen LogP) is 9.14. The maximum absolute atomic E-state index is 13.3. The zero-order valence-corrected chi connectivity index (χ0v) is 28.5. The molecular formula is C37H30F2N2O12. The average Bonchev–Trinajstić information content (AvgIpc) is 3.66. The Balaban J connectivity index is 0.000000206. The number of halogens is 2. The number of benzene rings is 4. The third-order valence-corrected chi connectivity index (χ3v) is 7.48. The van der Waals surface area contributed by atoms with Gasteiger partial charge in [0.15, 0.2) is 11.5 Å². The van der Waals surface area contributed by atoms with Crippen molar-refractivity contribution in [3.63, 3.8) is 0 Å². The summed E-state index contributed by atoms with van der Waals surface area (Å²) < 4.78 is 53.5. The highest BCUT2D eigenvalue weighted by Crippen LogP contribution is 2.41. The molecule has 1 N–H and O–H groups in total. The first kappa shape index (κ1) is 37.4. The van der Waals surface area contributed by atoms with E-state index in [2.05, 4.69) is 0 Å². The molecule has 14 nitrogen and oxygen atoms in total. The summed E-state index contributed by atoms with van der Waals surface area (Å²) in [5, 5.41) is 32.7. The molecule has 2 aromatic heterocycles. The molecule has 6 rings (SSSR count). The van der Waals surface area contributed by atoms with E-state index in [1.807, 2.05) is 0 Å². The minimum absolute atomic E-state index is 0.00801. The van der Waals surface area contributed by atoms with E-state index in [1.54, 1.807) is 27.7 Å². The standard InChI is InChI=1S/C20H18FNO6.C17H12FNO6/c1-4-26-20(23)18-14-9-17(27-11(2)3)15(22(24)25)10-16(14)28-19(18)12-5-7-13(21)8-6-12;1-2-24-17(21)15-11-7-13(20)12(19(22)23)8-14(11)25-16(15)9-3-5-10(18)6-4-9/h5-11H,4H2,1-3H3;3-8,20H,2H2,1H3. The lowest BCUT2D eigenvalue weighted by atomic mass is 10.0. The highest BCUT2D eigenvalue weighted by molar-refractivity contribution is 6.10. The van der Waals surface area contributed by atoms with E-state index in [0.29, 0.717) is 16.5 Å². The van der Waals surface area contributed by atoms with Crippen molar-refractivity contribution in [2.24, 2.45) is 0 Å². The van der Waals surface area contributed by atoms with Crippen LogP contribution in [0.4, 0.5) is 20.2 Å². The van der Waals surface area contributed by atoms with Gasteiger partial charge in [-0.2, -0.15) is 0 Å². The maximum atomic E-state index is 13.3. The molecule has 6 aromatic rings. The average molecular weight is 733 g/mol. The molecule has 0 saturated carbocycles. The van der Waals surface area contributed by atoms with E-state index >= 15 is 0 Å². The summed E-state index contributed by atoms with van der Waals surface area (Å²) in [5.41, 5.74) is 0.272. The number of nitro groups is 2. The first-order chi connectivity index (χ1) is 25.2. The SMILES string of the molecule is CCOC(=O)c1c(-c2ccc(F)cc2)oc2cc([N+](=O)[O-])c(O)cc12.CCOC(=O)c1c(-c2ccc(F)cc2)oc2cc([N+](=O)[O-])c(OC(C)C)cc12. The van der Waals surface area contributed by atoms with Crippen LogP contribution >= 0.6 is 0 Å². The second-order valence-electron chi connectivity index (χ2n) is 11.4. The van der Waals surface area contributed by atoms with Crippen molar-refractivity contribution < 1.29 is 56.4 Å². The van der Waals surface area contributed by atoms with Gasteiger partial charge in [-0.3, -0.25) is 20.2 Å². The molecule has 0 atom stereocenters. The maximum Gasteiger partial charge on any atom is 0.342 e. The molecule has 2 heterocycles. The zero-order valence-electron chi connectivity index (χ0n) is 28.5. The molecule has 0 amide bonds. The van der Waals surface area contributed by atoms with E-state index in [1.165, 1.54) is 60.7 Å². The van der Waals surface area contributed by atoms with Crippen molar-refractivity contribution in [3.8, 4) is 34.1 Å². The fraction of sp³-hybridized carbons (Fsp3) is 0.189. The van der Waals surface area contributed by atoms with Gasteiger partial charge in [0, 0.05) is 21.9 Å². The quantitative estimate of drug-likeness (QED) is 0.0798. The summed E-state index contributed by atoms with van der Waals surface area (Å²) in [6.45, 7) is 7.00. The van der Waals surface area contributed by atoms with E-state index in [9.17, 15) is 43.7 Å².